The Bertz CT molecular complexity index is 288. The average Bonchev–Trinajstić information content (AvgIpc) is 2.14. The Morgan fingerprint density at radius 3 is 2.71 bits per heavy atom. The van der Waals surface area contributed by atoms with E-state index in [4.69, 9.17) is 11.6 Å². The Morgan fingerprint density at radius 2 is 2.14 bits per heavy atom. The molecule has 1 aromatic heterocycles. The Balaban J connectivity index is 2.56. The zero-order chi connectivity index (χ0) is 10.6. The van der Waals surface area contributed by atoms with Crippen LogP contribution in [0.15, 0.2) is 12.4 Å². The van der Waals surface area contributed by atoms with Gasteiger partial charge in [-0.1, -0.05) is 25.4 Å². The third kappa shape index (κ3) is 3.50. The molecule has 0 bridgehead atoms. The number of aromatic nitrogens is 2. The Kier molecular flexibility index (Phi) is 4.14. The minimum absolute atomic E-state index is 0.492. The summed E-state index contributed by atoms with van der Waals surface area (Å²) < 4.78 is 0. The summed E-state index contributed by atoms with van der Waals surface area (Å²) in [6.45, 7) is 5.41. The van der Waals surface area contributed by atoms with Gasteiger partial charge in [-0.05, 0) is 12.3 Å². The van der Waals surface area contributed by atoms with Crippen molar-refractivity contribution in [3.63, 3.8) is 0 Å². The van der Waals surface area contributed by atoms with E-state index in [2.05, 4.69) is 28.7 Å². The quantitative estimate of drug-likeness (QED) is 0.720. The molecule has 0 N–H and O–H groups in total. The first kappa shape index (κ1) is 11.2. The van der Waals surface area contributed by atoms with Gasteiger partial charge >= 0.3 is 0 Å². The van der Waals surface area contributed by atoms with Crippen LogP contribution in [0.25, 0.3) is 0 Å². The number of anilines is 1. The second kappa shape index (κ2) is 5.15. The highest BCUT2D eigenvalue weighted by Crippen LogP contribution is 2.13. The van der Waals surface area contributed by atoms with Crippen LogP contribution < -0.4 is 4.90 Å². The number of nitrogens with zero attached hydrogens (tertiary/aromatic N) is 3. The summed E-state index contributed by atoms with van der Waals surface area (Å²) in [7, 11) is 2.01. The van der Waals surface area contributed by atoms with Gasteiger partial charge in [-0.15, -0.1) is 0 Å². The summed E-state index contributed by atoms with van der Waals surface area (Å²) >= 11 is 5.77. The van der Waals surface area contributed by atoms with Crippen LogP contribution in [0.2, 0.25) is 5.15 Å². The number of rotatable bonds is 4. The van der Waals surface area contributed by atoms with E-state index in [1.165, 1.54) is 6.33 Å². The number of halogens is 1. The van der Waals surface area contributed by atoms with Crippen molar-refractivity contribution < 1.29 is 0 Å². The number of hydrogen-bond donors (Lipinski definition) is 0. The predicted molar refractivity (Wildman–Crippen MR) is 59.8 cm³/mol. The standard InChI is InChI=1S/C10H16ClN3/c1-8(2)4-5-14(3)10-6-9(11)12-7-13-10/h6-8H,4-5H2,1-3H3. The molecule has 0 fully saturated rings. The van der Waals surface area contributed by atoms with Gasteiger partial charge in [-0.25, -0.2) is 9.97 Å². The lowest BCUT2D eigenvalue weighted by Crippen LogP contribution is -2.20. The van der Waals surface area contributed by atoms with Gasteiger partial charge in [0.05, 0.1) is 0 Å². The Morgan fingerprint density at radius 1 is 1.43 bits per heavy atom. The molecular formula is C10H16ClN3. The van der Waals surface area contributed by atoms with Gasteiger partial charge in [0.1, 0.15) is 17.3 Å². The van der Waals surface area contributed by atoms with Gasteiger partial charge in [0, 0.05) is 19.7 Å². The highest BCUT2D eigenvalue weighted by molar-refractivity contribution is 6.29. The Hall–Kier alpha value is -0.830. The molecule has 4 heteroatoms. The van der Waals surface area contributed by atoms with E-state index in [9.17, 15) is 0 Å². The van der Waals surface area contributed by atoms with E-state index in [1.807, 2.05) is 7.05 Å². The monoisotopic (exact) mass is 213 g/mol. The highest BCUT2D eigenvalue weighted by Gasteiger charge is 2.04. The maximum absolute atomic E-state index is 5.77. The van der Waals surface area contributed by atoms with Gasteiger partial charge in [0.15, 0.2) is 0 Å². The fourth-order valence-electron chi connectivity index (χ4n) is 1.10. The minimum atomic E-state index is 0.492. The van der Waals surface area contributed by atoms with Gasteiger partial charge < -0.3 is 4.90 Å². The second-order valence-corrected chi connectivity index (χ2v) is 4.19. The van der Waals surface area contributed by atoms with Crippen LogP contribution in [0, 0.1) is 5.92 Å². The largest absolute Gasteiger partial charge is 0.360 e. The van der Waals surface area contributed by atoms with Gasteiger partial charge in [0.2, 0.25) is 0 Å². The molecule has 0 saturated carbocycles. The molecule has 1 rings (SSSR count). The summed E-state index contributed by atoms with van der Waals surface area (Å²) in [6.07, 6.45) is 2.64. The summed E-state index contributed by atoms with van der Waals surface area (Å²) in [5.41, 5.74) is 0. The van der Waals surface area contributed by atoms with Crippen LogP contribution in [0.1, 0.15) is 20.3 Å². The van der Waals surface area contributed by atoms with E-state index < -0.39 is 0 Å². The van der Waals surface area contributed by atoms with E-state index in [1.54, 1.807) is 6.07 Å². The van der Waals surface area contributed by atoms with E-state index >= 15 is 0 Å². The van der Waals surface area contributed by atoms with Crippen LogP contribution in [-0.2, 0) is 0 Å². The molecule has 1 heterocycles. The molecule has 0 aliphatic heterocycles. The topological polar surface area (TPSA) is 29.0 Å². The fourth-order valence-corrected chi connectivity index (χ4v) is 1.24. The lowest BCUT2D eigenvalue weighted by Gasteiger charge is -2.18. The van der Waals surface area contributed by atoms with Crippen LogP contribution >= 0.6 is 11.6 Å². The summed E-state index contributed by atoms with van der Waals surface area (Å²) in [4.78, 5) is 10.1. The van der Waals surface area contributed by atoms with E-state index in [0.29, 0.717) is 11.1 Å². The van der Waals surface area contributed by atoms with Crippen LogP contribution in [0.3, 0.4) is 0 Å². The zero-order valence-corrected chi connectivity index (χ0v) is 9.62. The normalized spacial score (nSPS) is 10.6. The van der Waals surface area contributed by atoms with Crippen LogP contribution in [-0.4, -0.2) is 23.6 Å². The zero-order valence-electron chi connectivity index (χ0n) is 8.87. The van der Waals surface area contributed by atoms with Crippen molar-refractivity contribution in [3.05, 3.63) is 17.5 Å². The molecule has 0 spiro atoms. The first-order valence-electron chi connectivity index (χ1n) is 4.78. The molecular weight excluding hydrogens is 198 g/mol. The molecule has 0 aliphatic rings. The molecule has 0 atom stereocenters. The van der Waals surface area contributed by atoms with Crippen LogP contribution in [0.4, 0.5) is 5.82 Å². The minimum Gasteiger partial charge on any atom is -0.360 e. The van der Waals surface area contributed by atoms with Crippen molar-refractivity contribution in [3.8, 4) is 0 Å². The second-order valence-electron chi connectivity index (χ2n) is 3.80. The lowest BCUT2D eigenvalue weighted by atomic mass is 10.1. The smallest absolute Gasteiger partial charge is 0.134 e. The Labute approximate surface area is 90.1 Å². The summed E-state index contributed by atoms with van der Waals surface area (Å²) in [5.74, 6) is 1.58. The molecule has 0 aliphatic carbocycles. The molecule has 3 nitrogen and oxygen atoms in total. The SMILES string of the molecule is CC(C)CCN(C)c1cc(Cl)ncn1. The molecule has 1 aromatic rings. The van der Waals surface area contributed by atoms with E-state index in [-0.39, 0.29) is 0 Å². The average molecular weight is 214 g/mol. The fraction of sp³-hybridized carbons (Fsp3) is 0.600. The molecule has 0 unspecified atom stereocenters. The van der Waals surface area contributed by atoms with Gasteiger partial charge in [-0.3, -0.25) is 0 Å². The van der Waals surface area contributed by atoms with Crippen molar-refractivity contribution in [2.75, 3.05) is 18.5 Å². The summed E-state index contributed by atoms with van der Waals surface area (Å²) in [5, 5.41) is 0.492. The van der Waals surface area contributed by atoms with Crippen molar-refractivity contribution in [2.45, 2.75) is 20.3 Å². The molecule has 14 heavy (non-hydrogen) atoms. The first-order valence-corrected chi connectivity index (χ1v) is 5.16. The van der Waals surface area contributed by atoms with Crippen molar-refractivity contribution in [1.29, 1.82) is 0 Å². The highest BCUT2D eigenvalue weighted by atomic mass is 35.5. The van der Waals surface area contributed by atoms with Crippen molar-refractivity contribution >= 4 is 17.4 Å². The van der Waals surface area contributed by atoms with Crippen LogP contribution in [0.5, 0.6) is 0 Å². The summed E-state index contributed by atoms with van der Waals surface area (Å²) in [6, 6.07) is 1.78. The maximum atomic E-state index is 5.77. The van der Waals surface area contributed by atoms with Crippen molar-refractivity contribution in [2.24, 2.45) is 5.92 Å². The first-order chi connectivity index (χ1) is 6.59. The molecule has 0 saturated heterocycles. The van der Waals surface area contributed by atoms with E-state index in [0.717, 1.165) is 18.8 Å². The van der Waals surface area contributed by atoms with Crippen molar-refractivity contribution in [1.82, 2.24) is 9.97 Å². The van der Waals surface area contributed by atoms with Gasteiger partial charge in [-0.2, -0.15) is 0 Å². The molecule has 0 radical (unpaired) electrons. The lowest BCUT2D eigenvalue weighted by molar-refractivity contribution is 0.583. The predicted octanol–water partition coefficient (Wildman–Crippen LogP) is 2.61. The number of hydrogen-bond acceptors (Lipinski definition) is 3. The maximum Gasteiger partial charge on any atom is 0.134 e. The third-order valence-corrected chi connectivity index (χ3v) is 2.26. The molecule has 78 valence electrons. The van der Waals surface area contributed by atoms with Gasteiger partial charge in [0.25, 0.3) is 0 Å². The third-order valence-electron chi connectivity index (χ3n) is 2.05. The molecule has 0 amide bonds. The molecule has 0 aromatic carbocycles.